The molecule has 6 heteroatoms. The predicted octanol–water partition coefficient (Wildman–Crippen LogP) is 1.83. The molecule has 1 aromatic rings. The molecule has 0 amide bonds. The van der Waals surface area contributed by atoms with Crippen LogP contribution in [0.5, 0.6) is 5.75 Å². The molecule has 0 aliphatic carbocycles. The third kappa shape index (κ3) is 2.86. The highest BCUT2D eigenvalue weighted by Crippen LogP contribution is 2.26. The van der Waals surface area contributed by atoms with Crippen LogP contribution in [-0.4, -0.2) is 38.2 Å². The minimum atomic E-state index is -3.62. The fourth-order valence-electron chi connectivity index (χ4n) is 2.48. The lowest BCUT2D eigenvalue weighted by Crippen LogP contribution is -2.47. The lowest BCUT2D eigenvalue weighted by molar-refractivity contribution is -0.121. The first kappa shape index (κ1) is 15.0. The highest BCUT2D eigenvalue weighted by Gasteiger charge is 2.35. The molecule has 1 heterocycles. The topological polar surface area (TPSA) is 63.7 Å². The fourth-order valence-corrected chi connectivity index (χ4v) is 4.19. The summed E-state index contributed by atoms with van der Waals surface area (Å²) >= 11 is 0. The summed E-state index contributed by atoms with van der Waals surface area (Å²) in [6, 6.07) is 5.72. The number of nitrogens with zero attached hydrogens (tertiary/aromatic N) is 1. The van der Waals surface area contributed by atoms with Gasteiger partial charge in [-0.25, -0.2) is 8.42 Å². The van der Waals surface area contributed by atoms with Crippen molar-refractivity contribution in [3.63, 3.8) is 0 Å². The number of ether oxygens (including phenoxy) is 1. The number of carbonyl (C=O) groups excluding carboxylic acids is 1. The van der Waals surface area contributed by atoms with Crippen LogP contribution in [0.3, 0.4) is 0 Å². The van der Waals surface area contributed by atoms with Crippen molar-refractivity contribution in [1.82, 2.24) is 4.31 Å². The van der Waals surface area contributed by atoms with E-state index < -0.39 is 16.1 Å². The monoisotopic (exact) mass is 297 g/mol. The van der Waals surface area contributed by atoms with Crippen LogP contribution < -0.4 is 4.74 Å². The number of methoxy groups -OCH3 is 1. The first-order valence-corrected chi connectivity index (χ1v) is 8.07. The Bertz CT molecular complexity index is 580. The minimum absolute atomic E-state index is 0.0956. The molecule has 0 radical (unpaired) electrons. The summed E-state index contributed by atoms with van der Waals surface area (Å²) in [5.74, 6) is 0.507. The van der Waals surface area contributed by atoms with E-state index in [1.165, 1.54) is 30.5 Å². The van der Waals surface area contributed by atoms with Crippen molar-refractivity contribution in [2.75, 3.05) is 13.7 Å². The van der Waals surface area contributed by atoms with Gasteiger partial charge in [-0.2, -0.15) is 4.31 Å². The standard InChI is InChI=1S/C14H19NO4S/c1-11(16)14-5-3-4-10-15(14)20(17,18)13-8-6-12(19-2)7-9-13/h6-9,14H,3-5,10H2,1-2H3. The first-order chi connectivity index (χ1) is 9.46. The van der Waals surface area contributed by atoms with Crippen molar-refractivity contribution >= 4 is 15.8 Å². The van der Waals surface area contributed by atoms with E-state index in [1.807, 2.05) is 0 Å². The quantitative estimate of drug-likeness (QED) is 0.850. The second kappa shape index (κ2) is 5.93. The van der Waals surface area contributed by atoms with Gasteiger partial charge in [0.15, 0.2) is 0 Å². The molecule has 1 aromatic carbocycles. The van der Waals surface area contributed by atoms with E-state index in [9.17, 15) is 13.2 Å². The van der Waals surface area contributed by atoms with Crippen LogP contribution in [-0.2, 0) is 14.8 Å². The number of hydrogen-bond donors (Lipinski definition) is 0. The van der Waals surface area contributed by atoms with Crippen LogP contribution in [0.1, 0.15) is 26.2 Å². The van der Waals surface area contributed by atoms with Crippen molar-refractivity contribution in [3.05, 3.63) is 24.3 Å². The van der Waals surface area contributed by atoms with Crippen molar-refractivity contribution < 1.29 is 17.9 Å². The highest BCUT2D eigenvalue weighted by molar-refractivity contribution is 7.89. The van der Waals surface area contributed by atoms with Crippen LogP contribution in [0, 0.1) is 0 Å². The van der Waals surface area contributed by atoms with Gasteiger partial charge in [0.2, 0.25) is 10.0 Å². The predicted molar refractivity (Wildman–Crippen MR) is 75.2 cm³/mol. The molecule has 1 aliphatic heterocycles. The maximum atomic E-state index is 12.6. The molecular weight excluding hydrogens is 278 g/mol. The van der Waals surface area contributed by atoms with E-state index >= 15 is 0 Å². The Morgan fingerprint density at radius 1 is 1.25 bits per heavy atom. The Kier molecular flexibility index (Phi) is 4.45. The van der Waals surface area contributed by atoms with E-state index in [-0.39, 0.29) is 10.7 Å². The Hall–Kier alpha value is -1.40. The Labute approximate surface area is 119 Å². The van der Waals surface area contributed by atoms with Gasteiger partial charge in [0.25, 0.3) is 0 Å². The highest BCUT2D eigenvalue weighted by atomic mass is 32.2. The smallest absolute Gasteiger partial charge is 0.243 e. The summed E-state index contributed by atoms with van der Waals surface area (Å²) < 4.78 is 31.6. The number of carbonyl (C=O) groups is 1. The van der Waals surface area contributed by atoms with Crippen LogP contribution in [0.25, 0.3) is 0 Å². The summed E-state index contributed by atoms with van der Waals surface area (Å²) in [5.41, 5.74) is 0. The number of Topliss-reactive ketones (excluding diaryl/α,β-unsaturated/α-hetero) is 1. The summed E-state index contributed by atoms with van der Waals surface area (Å²) in [5, 5.41) is 0. The summed E-state index contributed by atoms with van der Waals surface area (Å²) in [6.45, 7) is 1.85. The number of benzene rings is 1. The third-order valence-electron chi connectivity index (χ3n) is 3.59. The van der Waals surface area contributed by atoms with Gasteiger partial charge in [0.05, 0.1) is 18.0 Å². The van der Waals surface area contributed by atoms with E-state index in [1.54, 1.807) is 12.1 Å². The molecule has 1 atom stereocenters. The molecule has 110 valence electrons. The molecule has 0 N–H and O–H groups in total. The van der Waals surface area contributed by atoms with Crippen LogP contribution in [0.2, 0.25) is 0 Å². The molecule has 0 spiro atoms. The maximum absolute atomic E-state index is 12.6. The second-order valence-electron chi connectivity index (χ2n) is 4.91. The Balaban J connectivity index is 2.34. The maximum Gasteiger partial charge on any atom is 0.243 e. The zero-order chi connectivity index (χ0) is 14.8. The molecule has 1 saturated heterocycles. The lowest BCUT2D eigenvalue weighted by Gasteiger charge is -2.33. The zero-order valence-corrected chi connectivity index (χ0v) is 12.5. The van der Waals surface area contributed by atoms with E-state index in [4.69, 9.17) is 4.74 Å². The van der Waals surface area contributed by atoms with Gasteiger partial charge in [-0.15, -0.1) is 0 Å². The summed E-state index contributed by atoms with van der Waals surface area (Å²) in [7, 11) is -2.10. The number of ketones is 1. The first-order valence-electron chi connectivity index (χ1n) is 6.63. The van der Waals surface area contributed by atoms with Gasteiger partial charge in [-0.05, 0) is 44.0 Å². The number of rotatable bonds is 4. The van der Waals surface area contributed by atoms with Crippen LogP contribution in [0.4, 0.5) is 0 Å². The van der Waals surface area contributed by atoms with Gasteiger partial charge < -0.3 is 4.74 Å². The molecule has 1 unspecified atom stereocenters. The molecule has 0 aromatic heterocycles. The molecule has 5 nitrogen and oxygen atoms in total. The van der Waals surface area contributed by atoms with E-state index in [2.05, 4.69) is 0 Å². The average molecular weight is 297 g/mol. The number of piperidine rings is 1. The minimum Gasteiger partial charge on any atom is -0.497 e. The fraction of sp³-hybridized carbons (Fsp3) is 0.500. The molecule has 0 saturated carbocycles. The van der Waals surface area contributed by atoms with Crippen molar-refractivity contribution in [2.24, 2.45) is 0 Å². The van der Waals surface area contributed by atoms with E-state index in [0.29, 0.717) is 18.7 Å². The number of sulfonamides is 1. The van der Waals surface area contributed by atoms with Gasteiger partial charge in [0, 0.05) is 6.54 Å². The molecule has 1 aliphatic rings. The SMILES string of the molecule is COc1ccc(S(=O)(=O)N2CCCCC2C(C)=O)cc1. The average Bonchev–Trinajstić information content (AvgIpc) is 2.47. The van der Waals surface area contributed by atoms with Gasteiger partial charge in [-0.1, -0.05) is 6.42 Å². The van der Waals surface area contributed by atoms with Crippen LogP contribution >= 0.6 is 0 Å². The molecular formula is C14H19NO4S. The van der Waals surface area contributed by atoms with E-state index in [0.717, 1.165) is 12.8 Å². The molecule has 0 bridgehead atoms. The Morgan fingerprint density at radius 2 is 1.90 bits per heavy atom. The Morgan fingerprint density at radius 3 is 2.45 bits per heavy atom. The summed E-state index contributed by atoms with van der Waals surface area (Å²) in [4.78, 5) is 11.9. The molecule has 1 fully saturated rings. The third-order valence-corrected chi connectivity index (χ3v) is 5.51. The van der Waals surface area contributed by atoms with Gasteiger partial charge in [-0.3, -0.25) is 4.79 Å². The zero-order valence-electron chi connectivity index (χ0n) is 11.7. The molecule has 20 heavy (non-hydrogen) atoms. The normalized spacial score (nSPS) is 20.6. The lowest BCUT2D eigenvalue weighted by atomic mass is 10.0. The van der Waals surface area contributed by atoms with Crippen molar-refractivity contribution in [2.45, 2.75) is 37.1 Å². The summed E-state index contributed by atoms with van der Waals surface area (Å²) in [6.07, 6.45) is 2.28. The number of hydrogen-bond acceptors (Lipinski definition) is 4. The van der Waals surface area contributed by atoms with Crippen LogP contribution in [0.15, 0.2) is 29.2 Å². The van der Waals surface area contributed by atoms with Gasteiger partial charge >= 0.3 is 0 Å². The van der Waals surface area contributed by atoms with Crippen molar-refractivity contribution in [3.8, 4) is 5.75 Å². The molecule has 2 rings (SSSR count). The van der Waals surface area contributed by atoms with Gasteiger partial charge in [0.1, 0.15) is 11.5 Å². The largest absolute Gasteiger partial charge is 0.497 e. The van der Waals surface area contributed by atoms with Crippen molar-refractivity contribution in [1.29, 1.82) is 0 Å². The second-order valence-corrected chi connectivity index (χ2v) is 6.80.